The lowest BCUT2D eigenvalue weighted by Crippen LogP contribution is -2.64. The van der Waals surface area contributed by atoms with Crippen LogP contribution in [0.5, 0.6) is 0 Å². The summed E-state index contributed by atoms with van der Waals surface area (Å²) in [5.41, 5.74) is 1.20. The molecule has 19 heavy (non-hydrogen) atoms. The van der Waals surface area contributed by atoms with Gasteiger partial charge in [-0.25, -0.2) is 0 Å². The smallest absolute Gasteiger partial charge is 0.0196 e. The van der Waals surface area contributed by atoms with E-state index in [1.807, 2.05) is 0 Å². The van der Waals surface area contributed by atoms with Crippen molar-refractivity contribution in [2.45, 2.75) is 83.2 Å². The van der Waals surface area contributed by atoms with E-state index in [2.05, 4.69) is 24.1 Å². The molecule has 1 saturated carbocycles. The molecule has 2 aliphatic heterocycles. The van der Waals surface area contributed by atoms with Crippen LogP contribution >= 0.6 is 0 Å². The van der Waals surface area contributed by atoms with E-state index in [1.165, 1.54) is 77.4 Å². The number of nitrogens with zero attached hydrogens (tertiary/aromatic N) is 1. The molecule has 1 atom stereocenters. The summed E-state index contributed by atoms with van der Waals surface area (Å²) in [5, 5.41) is 3.89. The number of nitrogens with one attached hydrogen (secondary N) is 1. The monoisotopic (exact) mass is 264 g/mol. The Morgan fingerprint density at radius 1 is 1.05 bits per heavy atom. The van der Waals surface area contributed by atoms with Crippen molar-refractivity contribution in [3.63, 3.8) is 0 Å². The first-order valence-electron chi connectivity index (χ1n) is 8.70. The average Bonchev–Trinajstić information content (AvgIpc) is 2.40. The van der Waals surface area contributed by atoms with Crippen molar-refractivity contribution in [1.82, 2.24) is 10.2 Å². The normalized spacial score (nSPS) is 34.1. The van der Waals surface area contributed by atoms with E-state index in [1.54, 1.807) is 0 Å². The van der Waals surface area contributed by atoms with Crippen molar-refractivity contribution in [2.24, 2.45) is 5.41 Å². The zero-order chi connectivity index (χ0) is 13.3. The third-order valence-electron chi connectivity index (χ3n) is 6.51. The molecule has 0 aromatic heterocycles. The van der Waals surface area contributed by atoms with Crippen LogP contribution in [0.15, 0.2) is 0 Å². The first kappa shape index (κ1) is 13.9. The van der Waals surface area contributed by atoms with Crippen molar-refractivity contribution in [2.75, 3.05) is 19.6 Å². The molecule has 2 heterocycles. The van der Waals surface area contributed by atoms with Gasteiger partial charge in [0.25, 0.3) is 0 Å². The Hall–Kier alpha value is -0.0800. The van der Waals surface area contributed by atoms with Crippen LogP contribution in [-0.2, 0) is 0 Å². The van der Waals surface area contributed by atoms with Gasteiger partial charge in [0.15, 0.2) is 0 Å². The molecular formula is C17H32N2. The number of rotatable bonds is 3. The summed E-state index contributed by atoms with van der Waals surface area (Å²) in [6.07, 6.45) is 12.8. The summed E-state index contributed by atoms with van der Waals surface area (Å²) in [6.45, 7) is 8.77. The molecule has 1 aliphatic carbocycles. The van der Waals surface area contributed by atoms with Gasteiger partial charge in [-0.15, -0.1) is 0 Å². The van der Waals surface area contributed by atoms with Crippen molar-refractivity contribution >= 4 is 0 Å². The van der Waals surface area contributed by atoms with Crippen LogP contribution in [0.3, 0.4) is 0 Å². The largest absolute Gasteiger partial charge is 0.311 e. The summed E-state index contributed by atoms with van der Waals surface area (Å²) in [7, 11) is 0. The highest BCUT2D eigenvalue weighted by molar-refractivity contribution is 5.03. The van der Waals surface area contributed by atoms with Crippen molar-refractivity contribution < 1.29 is 0 Å². The van der Waals surface area contributed by atoms with Crippen LogP contribution in [-0.4, -0.2) is 36.1 Å². The number of hydrogen-bond donors (Lipinski definition) is 1. The maximum absolute atomic E-state index is 3.89. The van der Waals surface area contributed by atoms with Crippen molar-refractivity contribution in [3.05, 3.63) is 0 Å². The molecule has 1 spiro atoms. The fraction of sp³-hybridized carbons (Fsp3) is 1.00. The molecule has 3 rings (SSSR count). The van der Waals surface area contributed by atoms with Gasteiger partial charge in [-0.2, -0.15) is 0 Å². The van der Waals surface area contributed by atoms with E-state index in [9.17, 15) is 0 Å². The van der Waals surface area contributed by atoms with Crippen LogP contribution in [0.4, 0.5) is 0 Å². The van der Waals surface area contributed by atoms with Gasteiger partial charge in [-0.1, -0.05) is 33.1 Å². The van der Waals surface area contributed by atoms with Gasteiger partial charge in [-0.3, -0.25) is 4.90 Å². The van der Waals surface area contributed by atoms with E-state index in [0.29, 0.717) is 11.0 Å². The molecule has 1 N–H and O–H groups in total. The molecule has 2 saturated heterocycles. The lowest BCUT2D eigenvalue weighted by molar-refractivity contribution is -0.0584. The third kappa shape index (κ3) is 2.58. The standard InChI is InChI=1S/C17H32N2/c1-3-16(4-2)13-19(14-16)15-8-11-18-17(12-15)9-6-5-7-10-17/h15,18H,3-14H2,1-2H3. The van der Waals surface area contributed by atoms with Gasteiger partial charge < -0.3 is 5.32 Å². The highest BCUT2D eigenvalue weighted by Gasteiger charge is 2.46. The Morgan fingerprint density at radius 3 is 2.37 bits per heavy atom. The van der Waals surface area contributed by atoms with Crippen LogP contribution in [0.1, 0.15) is 71.6 Å². The van der Waals surface area contributed by atoms with Crippen LogP contribution in [0.2, 0.25) is 0 Å². The number of likely N-dealkylation sites (tertiary alicyclic amines) is 1. The summed E-state index contributed by atoms with van der Waals surface area (Å²) in [5.74, 6) is 0. The molecule has 0 amide bonds. The SMILES string of the molecule is CCC1(CC)CN(C2CCNC3(CCCCC3)C2)C1. The minimum absolute atomic E-state index is 0.526. The zero-order valence-corrected chi connectivity index (χ0v) is 13.0. The molecule has 110 valence electrons. The van der Waals surface area contributed by atoms with Gasteiger partial charge in [0, 0.05) is 24.7 Å². The highest BCUT2D eigenvalue weighted by Crippen LogP contribution is 2.42. The summed E-state index contributed by atoms with van der Waals surface area (Å²) >= 11 is 0. The van der Waals surface area contributed by atoms with E-state index >= 15 is 0 Å². The molecule has 3 fully saturated rings. The third-order valence-corrected chi connectivity index (χ3v) is 6.51. The molecule has 3 aliphatic rings. The summed E-state index contributed by atoms with van der Waals surface area (Å²) in [6, 6.07) is 0.880. The van der Waals surface area contributed by atoms with Crippen LogP contribution < -0.4 is 5.32 Å². The topological polar surface area (TPSA) is 15.3 Å². The minimum atomic E-state index is 0.526. The second kappa shape index (κ2) is 5.37. The van der Waals surface area contributed by atoms with Crippen molar-refractivity contribution in [1.29, 1.82) is 0 Å². The molecule has 0 bridgehead atoms. The minimum Gasteiger partial charge on any atom is -0.311 e. The second-order valence-corrected chi connectivity index (χ2v) is 7.53. The Bertz CT molecular complexity index is 289. The van der Waals surface area contributed by atoms with E-state index in [-0.39, 0.29) is 0 Å². The van der Waals surface area contributed by atoms with Crippen LogP contribution in [0, 0.1) is 5.41 Å². The Balaban J connectivity index is 1.58. The van der Waals surface area contributed by atoms with Gasteiger partial charge in [0.2, 0.25) is 0 Å². The molecule has 0 radical (unpaired) electrons. The maximum atomic E-state index is 3.89. The maximum Gasteiger partial charge on any atom is 0.0196 e. The molecule has 2 heteroatoms. The number of piperidine rings is 1. The fourth-order valence-electron chi connectivity index (χ4n) is 4.82. The Labute approximate surface area is 119 Å². The highest BCUT2D eigenvalue weighted by atomic mass is 15.2. The zero-order valence-electron chi connectivity index (χ0n) is 13.0. The molecular weight excluding hydrogens is 232 g/mol. The lowest BCUT2D eigenvalue weighted by atomic mass is 9.70. The summed E-state index contributed by atoms with van der Waals surface area (Å²) < 4.78 is 0. The fourth-order valence-corrected chi connectivity index (χ4v) is 4.82. The average molecular weight is 264 g/mol. The van der Waals surface area contributed by atoms with Crippen molar-refractivity contribution in [3.8, 4) is 0 Å². The first-order valence-corrected chi connectivity index (χ1v) is 8.70. The predicted octanol–water partition coefficient (Wildman–Crippen LogP) is 3.56. The Morgan fingerprint density at radius 2 is 1.74 bits per heavy atom. The predicted molar refractivity (Wildman–Crippen MR) is 81.4 cm³/mol. The molecule has 2 nitrogen and oxygen atoms in total. The first-order chi connectivity index (χ1) is 9.21. The molecule has 0 aromatic rings. The van der Waals surface area contributed by atoms with Gasteiger partial charge in [-0.05, 0) is 50.5 Å². The van der Waals surface area contributed by atoms with E-state index in [0.717, 1.165) is 6.04 Å². The van der Waals surface area contributed by atoms with Gasteiger partial charge in [0.1, 0.15) is 0 Å². The van der Waals surface area contributed by atoms with E-state index in [4.69, 9.17) is 0 Å². The lowest BCUT2D eigenvalue weighted by Gasteiger charge is -2.56. The van der Waals surface area contributed by atoms with Crippen LogP contribution in [0.25, 0.3) is 0 Å². The number of hydrogen-bond acceptors (Lipinski definition) is 2. The van der Waals surface area contributed by atoms with Gasteiger partial charge in [0.05, 0.1) is 0 Å². The quantitative estimate of drug-likeness (QED) is 0.838. The van der Waals surface area contributed by atoms with E-state index < -0.39 is 0 Å². The second-order valence-electron chi connectivity index (χ2n) is 7.53. The summed E-state index contributed by atoms with van der Waals surface area (Å²) in [4.78, 5) is 2.81. The van der Waals surface area contributed by atoms with Gasteiger partial charge >= 0.3 is 0 Å². The Kier molecular flexibility index (Phi) is 3.92. The molecule has 1 unspecified atom stereocenters. The molecule has 0 aromatic carbocycles.